The molecule has 0 N–H and O–H groups in total. The number of halogens is 1. The summed E-state index contributed by atoms with van der Waals surface area (Å²) in [5, 5.41) is 5.28. The molecule has 1 aliphatic carbocycles. The molecule has 0 bridgehead atoms. The van der Waals surface area contributed by atoms with Crippen molar-refractivity contribution in [2.45, 2.75) is 25.9 Å². The van der Waals surface area contributed by atoms with Gasteiger partial charge in [0.1, 0.15) is 6.61 Å². The zero-order chi connectivity index (χ0) is 21.0. The summed E-state index contributed by atoms with van der Waals surface area (Å²) >= 11 is 5.97. The molecule has 0 saturated heterocycles. The SMILES string of the molecule is Clc1ccc(CO/N=C2/CCCc3c2cc(-c2ccccc2)n3-c2ccccc2)cc1. The highest BCUT2D eigenvalue weighted by Gasteiger charge is 2.24. The van der Waals surface area contributed by atoms with Crippen LogP contribution in [0.4, 0.5) is 0 Å². The number of fused-ring (bicyclic) bond motifs is 1. The Balaban J connectivity index is 1.53. The summed E-state index contributed by atoms with van der Waals surface area (Å²) in [6.45, 7) is 0.431. The summed E-state index contributed by atoms with van der Waals surface area (Å²) in [5.74, 6) is 0. The minimum absolute atomic E-state index is 0.431. The highest BCUT2D eigenvalue weighted by atomic mass is 35.5. The number of oxime groups is 1. The fourth-order valence-electron chi connectivity index (χ4n) is 4.16. The van der Waals surface area contributed by atoms with Crippen molar-refractivity contribution < 1.29 is 4.84 Å². The summed E-state index contributed by atoms with van der Waals surface area (Å²) in [6.07, 6.45) is 3.00. The first kappa shape index (κ1) is 19.7. The number of aromatic nitrogens is 1. The fourth-order valence-corrected chi connectivity index (χ4v) is 4.28. The Kier molecular flexibility index (Phi) is 5.59. The lowest BCUT2D eigenvalue weighted by Crippen LogP contribution is -2.14. The van der Waals surface area contributed by atoms with E-state index in [2.05, 4.69) is 76.5 Å². The van der Waals surface area contributed by atoms with Gasteiger partial charge in [-0.25, -0.2) is 0 Å². The van der Waals surface area contributed by atoms with Crippen LogP contribution < -0.4 is 0 Å². The Bertz CT molecular complexity index is 1200. The van der Waals surface area contributed by atoms with Gasteiger partial charge in [0, 0.05) is 22.0 Å². The van der Waals surface area contributed by atoms with Gasteiger partial charge < -0.3 is 9.40 Å². The first-order valence-electron chi connectivity index (χ1n) is 10.6. The predicted octanol–water partition coefficient (Wildman–Crippen LogP) is 7.05. The van der Waals surface area contributed by atoms with Crippen LogP contribution in [0.15, 0.2) is 96.2 Å². The van der Waals surface area contributed by atoms with Crippen molar-refractivity contribution in [2.75, 3.05) is 0 Å². The van der Waals surface area contributed by atoms with Gasteiger partial charge in [0.2, 0.25) is 0 Å². The molecule has 3 nitrogen and oxygen atoms in total. The summed E-state index contributed by atoms with van der Waals surface area (Å²) < 4.78 is 2.37. The number of hydrogen-bond acceptors (Lipinski definition) is 2. The minimum Gasteiger partial charge on any atom is -0.391 e. The number of benzene rings is 3. The van der Waals surface area contributed by atoms with Crippen LogP contribution in [0.5, 0.6) is 0 Å². The molecule has 0 spiro atoms. The number of nitrogens with zero attached hydrogens (tertiary/aromatic N) is 2. The van der Waals surface area contributed by atoms with E-state index in [0.29, 0.717) is 6.61 Å². The first-order chi connectivity index (χ1) is 15.3. The van der Waals surface area contributed by atoms with Crippen LogP contribution in [-0.2, 0) is 17.9 Å². The second kappa shape index (κ2) is 8.83. The molecule has 154 valence electrons. The maximum Gasteiger partial charge on any atom is 0.142 e. The number of para-hydroxylation sites is 1. The maximum absolute atomic E-state index is 5.97. The lowest BCUT2D eigenvalue weighted by Gasteiger charge is -2.18. The molecule has 0 aliphatic heterocycles. The van der Waals surface area contributed by atoms with E-state index in [1.165, 1.54) is 28.2 Å². The average Bonchev–Trinajstić information content (AvgIpc) is 3.22. The highest BCUT2D eigenvalue weighted by molar-refractivity contribution is 6.30. The van der Waals surface area contributed by atoms with Gasteiger partial charge in [-0.05, 0) is 60.7 Å². The zero-order valence-corrected chi connectivity index (χ0v) is 17.9. The van der Waals surface area contributed by atoms with Gasteiger partial charge in [0.05, 0.1) is 11.4 Å². The molecule has 0 amide bonds. The molecular formula is C27H23ClN2O. The van der Waals surface area contributed by atoms with Crippen molar-refractivity contribution in [3.8, 4) is 16.9 Å². The Morgan fingerprint density at radius 3 is 2.29 bits per heavy atom. The maximum atomic E-state index is 5.97. The van der Waals surface area contributed by atoms with E-state index < -0.39 is 0 Å². The van der Waals surface area contributed by atoms with Crippen molar-refractivity contribution in [2.24, 2.45) is 5.16 Å². The fraction of sp³-hybridized carbons (Fsp3) is 0.148. The molecule has 1 aromatic heterocycles. The van der Waals surface area contributed by atoms with Crippen molar-refractivity contribution >= 4 is 17.3 Å². The second-order valence-electron chi connectivity index (χ2n) is 7.72. The lowest BCUT2D eigenvalue weighted by atomic mass is 9.95. The number of hydrogen-bond donors (Lipinski definition) is 0. The van der Waals surface area contributed by atoms with Crippen LogP contribution in [-0.4, -0.2) is 10.3 Å². The third-order valence-electron chi connectivity index (χ3n) is 5.64. The van der Waals surface area contributed by atoms with Gasteiger partial charge in [-0.1, -0.05) is 77.4 Å². The summed E-state index contributed by atoms with van der Waals surface area (Å²) in [7, 11) is 0. The van der Waals surface area contributed by atoms with Gasteiger partial charge in [0.15, 0.2) is 0 Å². The van der Waals surface area contributed by atoms with Crippen LogP contribution in [0.2, 0.25) is 5.02 Å². The zero-order valence-electron chi connectivity index (χ0n) is 17.2. The molecule has 1 heterocycles. The van der Waals surface area contributed by atoms with E-state index in [1.807, 2.05) is 24.3 Å². The summed E-state index contributed by atoms with van der Waals surface area (Å²) in [6, 6.07) is 31.0. The van der Waals surface area contributed by atoms with E-state index in [1.54, 1.807) is 0 Å². The molecular weight excluding hydrogens is 404 g/mol. The van der Waals surface area contributed by atoms with E-state index in [0.717, 1.165) is 35.6 Å². The van der Waals surface area contributed by atoms with E-state index in [-0.39, 0.29) is 0 Å². The van der Waals surface area contributed by atoms with Gasteiger partial charge >= 0.3 is 0 Å². The Morgan fingerprint density at radius 1 is 0.839 bits per heavy atom. The van der Waals surface area contributed by atoms with Crippen LogP contribution in [0.1, 0.15) is 29.7 Å². The first-order valence-corrected chi connectivity index (χ1v) is 11.0. The molecule has 1 aliphatic rings. The van der Waals surface area contributed by atoms with Crippen molar-refractivity contribution in [1.82, 2.24) is 4.57 Å². The van der Waals surface area contributed by atoms with Crippen LogP contribution >= 0.6 is 11.6 Å². The normalized spacial score (nSPS) is 14.4. The highest BCUT2D eigenvalue weighted by Crippen LogP contribution is 2.34. The Labute approximate surface area is 187 Å². The molecule has 31 heavy (non-hydrogen) atoms. The molecule has 4 aromatic rings. The van der Waals surface area contributed by atoms with E-state index in [9.17, 15) is 0 Å². The van der Waals surface area contributed by atoms with E-state index in [4.69, 9.17) is 16.4 Å². The monoisotopic (exact) mass is 426 g/mol. The van der Waals surface area contributed by atoms with Crippen LogP contribution in [0.25, 0.3) is 16.9 Å². The molecule has 0 fully saturated rings. The molecule has 0 atom stereocenters. The number of rotatable bonds is 5. The second-order valence-corrected chi connectivity index (χ2v) is 8.15. The summed E-state index contributed by atoms with van der Waals surface area (Å²) in [5.41, 5.74) is 8.10. The third-order valence-corrected chi connectivity index (χ3v) is 5.90. The van der Waals surface area contributed by atoms with Gasteiger partial charge in [-0.2, -0.15) is 0 Å². The molecule has 0 saturated carbocycles. The molecule has 4 heteroatoms. The van der Waals surface area contributed by atoms with Gasteiger partial charge in [0.25, 0.3) is 0 Å². The van der Waals surface area contributed by atoms with E-state index >= 15 is 0 Å². The molecule has 0 unspecified atom stereocenters. The molecule has 3 aromatic carbocycles. The lowest BCUT2D eigenvalue weighted by molar-refractivity contribution is 0.130. The van der Waals surface area contributed by atoms with Gasteiger partial charge in [-0.15, -0.1) is 0 Å². The molecule has 5 rings (SSSR count). The minimum atomic E-state index is 0.431. The van der Waals surface area contributed by atoms with Crippen molar-refractivity contribution in [3.05, 3.63) is 113 Å². The van der Waals surface area contributed by atoms with Crippen molar-refractivity contribution in [3.63, 3.8) is 0 Å². The van der Waals surface area contributed by atoms with Crippen molar-refractivity contribution in [1.29, 1.82) is 0 Å². The Morgan fingerprint density at radius 2 is 1.55 bits per heavy atom. The third kappa shape index (κ3) is 4.14. The van der Waals surface area contributed by atoms with Gasteiger partial charge in [-0.3, -0.25) is 0 Å². The molecule has 0 radical (unpaired) electrons. The van der Waals surface area contributed by atoms with Crippen LogP contribution in [0, 0.1) is 0 Å². The standard InChI is InChI=1S/C27H23ClN2O/c28-22-16-14-20(15-17-22)19-31-29-25-12-7-13-26-24(25)18-27(21-8-3-1-4-9-21)30(26)23-10-5-2-6-11-23/h1-6,8-11,14-18H,7,12-13,19H2/b29-25-. The smallest absolute Gasteiger partial charge is 0.142 e. The largest absolute Gasteiger partial charge is 0.391 e. The topological polar surface area (TPSA) is 26.5 Å². The quantitative estimate of drug-likeness (QED) is 0.314. The summed E-state index contributed by atoms with van der Waals surface area (Å²) in [4.78, 5) is 5.75. The van der Waals surface area contributed by atoms with Crippen LogP contribution in [0.3, 0.4) is 0 Å². The predicted molar refractivity (Wildman–Crippen MR) is 127 cm³/mol. The Hall–Kier alpha value is -3.30. The average molecular weight is 427 g/mol.